The van der Waals surface area contributed by atoms with Crippen molar-refractivity contribution in [3.05, 3.63) is 71.3 Å². The Morgan fingerprint density at radius 3 is 2.52 bits per heavy atom. The van der Waals surface area contributed by atoms with E-state index in [1.165, 1.54) is 0 Å². The standard InChI is InChI=1S/C25H30N2O4/c1-4-16-31-20-13-8-12-19(17-20)22-21(23(28)18-10-6-5-7-11-18)24(29)25(30)27(22)15-9-14-26(2)3/h5-8,10-13,17,22,28H,4,9,14-16H2,1-3H3/b23-21+/t22-/m0/s1. The van der Waals surface area contributed by atoms with Gasteiger partial charge in [0.15, 0.2) is 0 Å². The van der Waals surface area contributed by atoms with Gasteiger partial charge in [-0.05, 0) is 51.2 Å². The largest absolute Gasteiger partial charge is 0.507 e. The fourth-order valence-electron chi connectivity index (χ4n) is 3.76. The molecule has 1 fully saturated rings. The van der Waals surface area contributed by atoms with E-state index in [9.17, 15) is 14.7 Å². The van der Waals surface area contributed by atoms with Gasteiger partial charge in [0, 0.05) is 12.1 Å². The molecule has 0 bridgehead atoms. The number of benzene rings is 2. The molecule has 1 amide bonds. The number of hydrogen-bond donors (Lipinski definition) is 1. The number of aliphatic hydroxyl groups is 1. The molecule has 0 spiro atoms. The summed E-state index contributed by atoms with van der Waals surface area (Å²) in [4.78, 5) is 29.6. The zero-order valence-corrected chi connectivity index (χ0v) is 18.4. The lowest BCUT2D eigenvalue weighted by Crippen LogP contribution is -2.32. The van der Waals surface area contributed by atoms with Crippen LogP contribution in [0.4, 0.5) is 0 Å². The van der Waals surface area contributed by atoms with E-state index in [0.717, 1.165) is 18.5 Å². The molecule has 2 aromatic carbocycles. The van der Waals surface area contributed by atoms with Crippen LogP contribution in [-0.4, -0.2) is 60.4 Å². The number of Topliss-reactive ketones (excluding diaryl/α,β-unsaturated/α-hetero) is 1. The summed E-state index contributed by atoms with van der Waals surface area (Å²) in [6.07, 6.45) is 1.59. The lowest BCUT2D eigenvalue weighted by Gasteiger charge is -2.26. The van der Waals surface area contributed by atoms with Crippen LogP contribution >= 0.6 is 0 Å². The first-order valence-corrected chi connectivity index (χ1v) is 10.6. The molecule has 2 aromatic rings. The van der Waals surface area contributed by atoms with Crippen LogP contribution in [0.3, 0.4) is 0 Å². The summed E-state index contributed by atoms with van der Waals surface area (Å²) in [5.41, 5.74) is 1.38. The Hall–Kier alpha value is -3.12. The number of rotatable bonds is 9. The van der Waals surface area contributed by atoms with Gasteiger partial charge in [-0.3, -0.25) is 9.59 Å². The molecular weight excluding hydrogens is 392 g/mol. The second-order valence-electron chi connectivity index (χ2n) is 7.94. The quantitative estimate of drug-likeness (QED) is 0.378. The van der Waals surface area contributed by atoms with Crippen molar-refractivity contribution < 1.29 is 19.4 Å². The molecule has 0 radical (unpaired) electrons. The van der Waals surface area contributed by atoms with E-state index in [1.54, 1.807) is 29.2 Å². The van der Waals surface area contributed by atoms with Crippen LogP contribution in [0, 0.1) is 0 Å². The zero-order valence-electron chi connectivity index (χ0n) is 18.4. The molecule has 0 saturated carbocycles. The molecule has 1 atom stereocenters. The molecule has 3 rings (SSSR count). The number of amides is 1. The maximum atomic E-state index is 13.0. The van der Waals surface area contributed by atoms with E-state index < -0.39 is 17.7 Å². The molecule has 6 nitrogen and oxygen atoms in total. The summed E-state index contributed by atoms with van der Waals surface area (Å²) in [7, 11) is 3.94. The molecule has 31 heavy (non-hydrogen) atoms. The molecule has 1 aliphatic heterocycles. The zero-order chi connectivity index (χ0) is 22.4. The maximum absolute atomic E-state index is 13.0. The van der Waals surface area contributed by atoms with Crippen molar-refractivity contribution in [2.24, 2.45) is 0 Å². The minimum absolute atomic E-state index is 0.119. The number of aliphatic hydroxyl groups excluding tert-OH is 1. The molecular formula is C25H30N2O4. The smallest absolute Gasteiger partial charge is 0.295 e. The third-order valence-corrected chi connectivity index (χ3v) is 5.24. The van der Waals surface area contributed by atoms with Crippen LogP contribution in [0.25, 0.3) is 5.76 Å². The fraction of sp³-hybridized carbons (Fsp3) is 0.360. The summed E-state index contributed by atoms with van der Waals surface area (Å²) in [5, 5.41) is 11.0. The number of carbonyl (C=O) groups excluding carboxylic acids is 2. The highest BCUT2D eigenvalue weighted by Crippen LogP contribution is 2.40. The highest BCUT2D eigenvalue weighted by Gasteiger charge is 2.45. The van der Waals surface area contributed by atoms with E-state index in [-0.39, 0.29) is 11.3 Å². The van der Waals surface area contributed by atoms with Gasteiger partial charge in [-0.15, -0.1) is 0 Å². The van der Waals surface area contributed by atoms with E-state index in [1.807, 2.05) is 56.3 Å². The summed E-state index contributed by atoms with van der Waals surface area (Å²) < 4.78 is 5.76. The van der Waals surface area contributed by atoms with Crippen molar-refractivity contribution in [2.45, 2.75) is 25.8 Å². The van der Waals surface area contributed by atoms with Gasteiger partial charge in [0.05, 0.1) is 18.2 Å². The predicted octanol–water partition coefficient (Wildman–Crippen LogP) is 3.85. The lowest BCUT2D eigenvalue weighted by molar-refractivity contribution is -0.139. The molecule has 1 aliphatic rings. The van der Waals surface area contributed by atoms with Gasteiger partial charge in [0.2, 0.25) is 0 Å². The maximum Gasteiger partial charge on any atom is 0.295 e. The molecule has 0 aliphatic carbocycles. The van der Waals surface area contributed by atoms with Gasteiger partial charge in [-0.2, -0.15) is 0 Å². The van der Waals surface area contributed by atoms with Crippen LogP contribution in [0.5, 0.6) is 5.75 Å². The Morgan fingerprint density at radius 2 is 1.84 bits per heavy atom. The molecule has 0 unspecified atom stereocenters. The average molecular weight is 423 g/mol. The molecule has 164 valence electrons. The fourth-order valence-corrected chi connectivity index (χ4v) is 3.76. The second-order valence-corrected chi connectivity index (χ2v) is 7.94. The molecule has 6 heteroatoms. The number of carbonyl (C=O) groups is 2. The van der Waals surface area contributed by atoms with E-state index in [2.05, 4.69) is 0 Å². The lowest BCUT2D eigenvalue weighted by atomic mass is 9.95. The summed E-state index contributed by atoms with van der Waals surface area (Å²) >= 11 is 0. The number of likely N-dealkylation sites (tertiary alicyclic amines) is 1. The third kappa shape index (κ3) is 5.14. The Labute approximate surface area is 183 Å². The summed E-state index contributed by atoms with van der Waals surface area (Å²) in [5.74, 6) is -0.714. The Kier molecular flexibility index (Phi) is 7.47. The van der Waals surface area contributed by atoms with Crippen molar-refractivity contribution in [2.75, 3.05) is 33.8 Å². The van der Waals surface area contributed by atoms with Crippen LogP contribution in [0.15, 0.2) is 60.2 Å². The topological polar surface area (TPSA) is 70.1 Å². The van der Waals surface area contributed by atoms with Gasteiger partial charge < -0.3 is 19.6 Å². The van der Waals surface area contributed by atoms with Gasteiger partial charge in [0.25, 0.3) is 11.7 Å². The van der Waals surface area contributed by atoms with E-state index in [0.29, 0.717) is 30.9 Å². The summed E-state index contributed by atoms with van der Waals surface area (Å²) in [6.45, 7) is 3.81. The van der Waals surface area contributed by atoms with Crippen molar-refractivity contribution in [3.63, 3.8) is 0 Å². The highest BCUT2D eigenvalue weighted by atomic mass is 16.5. The Bertz CT molecular complexity index is 953. The van der Waals surface area contributed by atoms with Crippen LogP contribution in [-0.2, 0) is 9.59 Å². The van der Waals surface area contributed by atoms with Crippen LogP contribution in [0.2, 0.25) is 0 Å². The van der Waals surface area contributed by atoms with Gasteiger partial charge in [-0.25, -0.2) is 0 Å². The van der Waals surface area contributed by atoms with Gasteiger partial charge >= 0.3 is 0 Å². The van der Waals surface area contributed by atoms with Crippen molar-refractivity contribution in [3.8, 4) is 5.75 Å². The average Bonchev–Trinajstić information content (AvgIpc) is 3.03. The molecule has 1 heterocycles. The predicted molar refractivity (Wildman–Crippen MR) is 121 cm³/mol. The number of nitrogens with zero attached hydrogens (tertiary/aromatic N) is 2. The summed E-state index contributed by atoms with van der Waals surface area (Å²) in [6, 6.07) is 15.6. The second kappa shape index (κ2) is 10.3. The monoisotopic (exact) mass is 422 g/mol. The first-order chi connectivity index (χ1) is 14.9. The van der Waals surface area contributed by atoms with Crippen molar-refractivity contribution >= 4 is 17.4 Å². The Morgan fingerprint density at radius 1 is 1.10 bits per heavy atom. The highest BCUT2D eigenvalue weighted by molar-refractivity contribution is 6.46. The SMILES string of the molecule is CCCOc1cccc([C@H]2/C(=C(\O)c3ccccc3)C(=O)C(=O)N2CCCN(C)C)c1. The molecule has 0 aromatic heterocycles. The van der Waals surface area contributed by atoms with Gasteiger partial charge in [0.1, 0.15) is 11.5 Å². The molecule has 1 N–H and O–H groups in total. The van der Waals surface area contributed by atoms with Crippen molar-refractivity contribution in [1.29, 1.82) is 0 Å². The van der Waals surface area contributed by atoms with E-state index in [4.69, 9.17) is 4.74 Å². The normalized spacial score (nSPS) is 18.1. The van der Waals surface area contributed by atoms with Gasteiger partial charge in [-0.1, -0.05) is 49.4 Å². The third-order valence-electron chi connectivity index (χ3n) is 5.24. The first-order valence-electron chi connectivity index (χ1n) is 10.6. The molecule has 1 saturated heterocycles. The number of hydrogen-bond acceptors (Lipinski definition) is 5. The minimum atomic E-state index is -0.660. The van der Waals surface area contributed by atoms with Crippen LogP contribution in [0.1, 0.15) is 36.9 Å². The minimum Gasteiger partial charge on any atom is -0.507 e. The number of ketones is 1. The van der Waals surface area contributed by atoms with Crippen LogP contribution < -0.4 is 4.74 Å². The number of ether oxygens (including phenoxy) is 1. The first kappa shape index (κ1) is 22.6. The Balaban J connectivity index is 2.06. The van der Waals surface area contributed by atoms with E-state index >= 15 is 0 Å². The van der Waals surface area contributed by atoms with Crippen molar-refractivity contribution in [1.82, 2.24) is 9.80 Å².